The van der Waals surface area contributed by atoms with Gasteiger partial charge < -0.3 is 15.2 Å². The summed E-state index contributed by atoms with van der Waals surface area (Å²) < 4.78 is 59.6. The Bertz CT molecular complexity index is 956. The van der Waals surface area contributed by atoms with E-state index in [4.69, 9.17) is 16.3 Å². The number of anilines is 2. The molecule has 0 aromatic heterocycles. The van der Waals surface area contributed by atoms with Crippen LogP contribution in [0.1, 0.15) is 13.3 Å². The van der Waals surface area contributed by atoms with Crippen molar-refractivity contribution in [2.75, 3.05) is 10.0 Å². The smallest absolute Gasteiger partial charge is 0.265 e. The van der Waals surface area contributed by atoms with Crippen molar-refractivity contribution in [1.82, 2.24) is 0 Å². The molecule has 10 heteroatoms. The van der Waals surface area contributed by atoms with Gasteiger partial charge in [0.25, 0.3) is 10.0 Å². The van der Waals surface area contributed by atoms with Crippen molar-refractivity contribution in [3.63, 3.8) is 0 Å². The largest absolute Gasteiger partial charge is 0.482 e. The summed E-state index contributed by atoms with van der Waals surface area (Å²) in [4.78, 5) is -0.289. The van der Waals surface area contributed by atoms with Gasteiger partial charge in [-0.25, -0.2) is 17.2 Å². The zero-order valence-corrected chi connectivity index (χ0v) is 15.0. The lowest BCUT2D eigenvalue weighted by Gasteiger charge is -2.32. The first-order valence-electron chi connectivity index (χ1n) is 7.64. The fourth-order valence-corrected chi connectivity index (χ4v) is 4.06. The zero-order valence-electron chi connectivity index (χ0n) is 13.5. The predicted molar refractivity (Wildman–Crippen MR) is 93.0 cm³/mol. The Morgan fingerprint density at radius 3 is 2.65 bits per heavy atom. The van der Waals surface area contributed by atoms with Crippen molar-refractivity contribution in [2.45, 2.75) is 30.6 Å². The fourth-order valence-electron chi connectivity index (χ4n) is 2.54. The van der Waals surface area contributed by atoms with Crippen molar-refractivity contribution in [3.8, 4) is 5.75 Å². The Morgan fingerprint density at radius 2 is 2.00 bits per heavy atom. The van der Waals surface area contributed by atoms with Crippen LogP contribution in [0.2, 0.25) is 5.02 Å². The minimum absolute atomic E-state index is 0.0124. The van der Waals surface area contributed by atoms with Crippen molar-refractivity contribution in [1.29, 1.82) is 0 Å². The predicted octanol–water partition coefficient (Wildman–Crippen LogP) is 3.32. The first-order chi connectivity index (χ1) is 12.2. The monoisotopic (exact) mass is 404 g/mol. The number of fused-ring (bicyclic) bond motifs is 1. The van der Waals surface area contributed by atoms with Gasteiger partial charge in [0.15, 0.2) is 23.6 Å². The van der Waals surface area contributed by atoms with Gasteiger partial charge in [-0.1, -0.05) is 18.5 Å². The van der Waals surface area contributed by atoms with Gasteiger partial charge in [-0.2, -0.15) is 0 Å². The van der Waals surface area contributed by atoms with Gasteiger partial charge in [-0.05, 0) is 30.7 Å². The van der Waals surface area contributed by atoms with Crippen LogP contribution in [0.25, 0.3) is 0 Å². The fraction of sp³-hybridized carbons (Fsp3) is 0.250. The molecule has 0 radical (unpaired) electrons. The van der Waals surface area contributed by atoms with E-state index < -0.39 is 34.0 Å². The van der Waals surface area contributed by atoms with Crippen LogP contribution >= 0.6 is 11.6 Å². The molecule has 26 heavy (non-hydrogen) atoms. The minimum atomic E-state index is -4.23. The second kappa shape index (κ2) is 6.90. The molecule has 2 aromatic rings. The van der Waals surface area contributed by atoms with Gasteiger partial charge in [0.1, 0.15) is 11.0 Å². The van der Waals surface area contributed by atoms with Gasteiger partial charge in [-0.3, -0.25) is 4.72 Å². The van der Waals surface area contributed by atoms with Crippen LogP contribution < -0.4 is 14.8 Å². The minimum Gasteiger partial charge on any atom is -0.482 e. The van der Waals surface area contributed by atoms with Crippen molar-refractivity contribution < 1.29 is 27.0 Å². The number of halogens is 3. The van der Waals surface area contributed by atoms with E-state index in [2.05, 4.69) is 10.0 Å². The van der Waals surface area contributed by atoms with Crippen LogP contribution in [-0.4, -0.2) is 25.9 Å². The standard InChI is InChI=1S/C16H15ClF2N2O4S/c1-2-13-16(22)20-12-5-8(17)6-14(15(12)25-13)26(23,24)21-9-3-4-10(18)11(19)7-9/h3-7,13,16,20-22H,2H2,1H3. The number of benzene rings is 2. The number of hydrogen-bond donors (Lipinski definition) is 3. The second-order valence-corrected chi connectivity index (χ2v) is 7.76. The summed E-state index contributed by atoms with van der Waals surface area (Å²) in [6.45, 7) is 1.77. The molecule has 2 unspecified atom stereocenters. The zero-order chi connectivity index (χ0) is 19.1. The van der Waals surface area contributed by atoms with E-state index in [1.54, 1.807) is 6.92 Å². The maximum atomic E-state index is 13.3. The molecule has 2 atom stereocenters. The number of rotatable bonds is 4. The van der Waals surface area contributed by atoms with Crippen molar-refractivity contribution >= 4 is 33.0 Å². The van der Waals surface area contributed by atoms with E-state index >= 15 is 0 Å². The number of nitrogens with one attached hydrogen (secondary N) is 2. The summed E-state index contributed by atoms with van der Waals surface area (Å²) in [6.07, 6.45) is -1.27. The lowest BCUT2D eigenvalue weighted by Crippen LogP contribution is -2.41. The maximum absolute atomic E-state index is 13.3. The Kier molecular flexibility index (Phi) is 4.96. The molecule has 0 saturated carbocycles. The molecule has 1 aliphatic rings. The van der Waals surface area contributed by atoms with Crippen LogP contribution in [0.3, 0.4) is 0 Å². The quantitative estimate of drug-likeness (QED) is 0.727. The molecular weight excluding hydrogens is 390 g/mol. The van der Waals surface area contributed by atoms with E-state index in [0.717, 1.165) is 18.2 Å². The molecule has 0 aliphatic carbocycles. The van der Waals surface area contributed by atoms with Gasteiger partial charge in [0.2, 0.25) is 0 Å². The van der Waals surface area contributed by atoms with E-state index in [1.165, 1.54) is 12.1 Å². The highest BCUT2D eigenvalue weighted by atomic mass is 35.5. The van der Waals surface area contributed by atoms with Crippen molar-refractivity contribution in [3.05, 3.63) is 47.0 Å². The number of ether oxygens (including phenoxy) is 1. The SMILES string of the molecule is CCC1Oc2c(cc(Cl)cc2S(=O)(=O)Nc2ccc(F)c(F)c2)NC1O. The van der Waals surface area contributed by atoms with Crippen LogP contribution in [0.4, 0.5) is 20.2 Å². The third kappa shape index (κ3) is 3.55. The van der Waals surface area contributed by atoms with Crippen molar-refractivity contribution in [2.24, 2.45) is 0 Å². The molecule has 2 aromatic carbocycles. The topological polar surface area (TPSA) is 87.7 Å². The van der Waals surface area contributed by atoms with Gasteiger partial charge in [0.05, 0.1) is 11.4 Å². The summed E-state index contributed by atoms with van der Waals surface area (Å²) in [5.74, 6) is -2.30. The van der Waals surface area contributed by atoms with Crippen LogP contribution in [0.5, 0.6) is 5.75 Å². The molecule has 140 valence electrons. The maximum Gasteiger partial charge on any atom is 0.265 e. The summed E-state index contributed by atoms with van der Waals surface area (Å²) in [5.41, 5.74) is 0.0498. The molecule has 1 aliphatic heterocycles. The average Bonchev–Trinajstić information content (AvgIpc) is 2.56. The number of hydrogen-bond acceptors (Lipinski definition) is 5. The van der Waals surface area contributed by atoms with E-state index in [1.807, 2.05) is 0 Å². The summed E-state index contributed by atoms with van der Waals surface area (Å²) in [7, 11) is -4.23. The highest BCUT2D eigenvalue weighted by Crippen LogP contribution is 2.40. The lowest BCUT2D eigenvalue weighted by molar-refractivity contribution is 0.0408. The number of sulfonamides is 1. The van der Waals surface area contributed by atoms with Gasteiger partial charge >= 0.3 is 0 Å². The van der Waals surface area contributed by atoms with Crippen LogP contribution in [0, 0.1) is 11.6 Å². The summed E-state index contributed by atoms with van der Waals surface area (Å²) in [5, 5.41) is 12.8. The molecule has 1 heterocycles. The number of aliphatic hydroxyl groups is 1. The Labute approximate surface area is 153 Å². The van der Waals surface area contributed by atoms with Crippen LogP contribution in [0.15, 0.2) is 35.2 Å². The lowest BCUT2D eigenvalue weighted by atomic mass is 10.1. The second-order valence-electron chi connectivity index (χ2n) is 5.67. The Hall–Kier alpha value is -2.10. The molecule has 6 nitrogen and oxygen atoms in total. The Balaban J connectivity index is 2.03. The van der Waals surface area contributed by atoms with E-state index in [-0.39, 0.29) is 27.0 Å². The van der Waals surface area contributed by atoms with E-state index in [0.29, 0.717) is 6.42 Å². The van der Waals surface area contributed by atoms with E-state index in [9.17, 15) is 22.3 Å². The molecular formula is C16H15ClF2N2O4S. The molecule has 3 N–H and O–H groups in total. The molecule has 0 spiro atoms. The summed E-state index contributed by atoms with van der Waals surface area (Å²) in [6, 6.07) is 5.21. The molecule has 3 rings (SSSR count). The normalized spacial score (nSPS) is 19.3. The van der Waals surface area contributed by atoms with Gasteiger partial charge in [0, 0.05) is 11.1 Å². The molecule has 0 bridgehead atoms. The summed E-state index contributed by atoms with van der Waals surface area (Å²) >= 11 is 5.98. The van der Waals surface area contributed by atoms with Gasteiger partial charge in [-0.15, -0.1) is 0 Å². The third-order valence-corrected chi connectivity index (χ3v) is 5.41. The highest BCUT2D eigenvalue weighted by molar-refractivity contribution is 7.92. The average molecular weight is 405 g/mol. The highest BCUT2D eigenvalue weighted by Gasteiger charge is 2.32. The van der Waals surface area contributed by atoms with Crippen LogP contribution in [-0.2, 0) is 10.0 Å². The molecule has 0 fully saturated rings. The third-order valence-electron chi connectivity index (χ3n) is 3.81. The number of aliphatic hydroxyl groups excluding tert-OH is 1. The molecule has 0 amide bonds. The first-order valence-corrected chi connectivity index (χ1v) is 9.50. The molecule has 0 saturated heterocycles. The Morgan fingerprint density at radius 1 is 1.27 bits per heavy atom. The first kappa shape index (κ1) is 18.7.